The Labute approximate surface area is 272 Å². The van der Waals surface area contributed by atoms with Crippen LogP contribution in [0.1, 0.15) is 65.0 Å². The second kappa shape index (κ2) is 12.0. The molecule has 0 atom stereocenters. The van der Waals surface area contributed by atoms with Gasteiger partial charge in [-0.15, -0.1) is 0 Å². The van der Waals surface area contributed by atoms with Gasteiger partial charge in [0.2, 0.25) is 5.89 Å². The van der Waals surface area contributed by atoms with Gasteiger partial charge in [0.05, 0.1) is 24.4 Å². The van der Waals surface area contributed by atoms with Crippen molar-refractivity contribution in [2.75, 3.05) is 11.9 Å². The Bertz CT molecular complexity index is 2100. The Morgan fingerprint density at radius 2 is 1.77 bits per heavy atom. The minimum atomic E-state index is -0.601. The maximum absolute atomic E-state index is 13.6. The summed E-state index contributed by atoms with van der Waals surface area (Å²) < 4.78 is 13.4. The summed E-state index contributed by atoms with van der Waals surface area (Å²) in [5.41, 5.74) is 7.82. The Hall–Kier alpha value is -5.47. The molecule has 0 aliphatic carbocycles. The van der Waals surface area contributed by atoms with E-state index in [0.29, 0.717) is 52.5 Å². The van der Waals surface area contributed by atoms with Gasteiger partial charge in [-0.25, -0.2) is 14.8 Å². The normalized spacial score (nSPS) is 12.9. The third kappa shape index (κ3) is 5.95. The van der Waals surface area contributed by atoms with E-state index in [9.17, 15) is 20.0 Å². The van der Waals surface area contributed by atoms with Crippen molar-refractivity contribution in [1.29, 1.82) is 5.26 Å². The fraction of sp³-hybridized carbons (Fsp3) is 0.306. The minimum absolute atomic E-state index is 0.206. The number of aliphatic hydroxyl groups is 1. The maximum Gasteiger partial charge on any atom is 0.410 e. The van der Waals surface area contributed by atoms with E-state index in [1.165, 1.54) is 0 Å². The predicted octanol–water partition coefficient (Wildman–Crippen LogP) is 6.42. The summed E-state index contributed by atoms with van der Waals surface area (Å²) >= 11 is 0. The van der Waals surface area contributed by atoms with Crippen LogP contribution < -0.4 is 5.32 Å². The first-order valence-corrected chi connectivity index (χ1v) is 15.4. The molecule has 0 saturated heterocycles. The number of hydrogen-bond donors (Lipinski definition) is 2. The van der Waals surface area contributed by atoms with Crippen LogP contribution in [-0.2, 0) is 31.4 Å². The third-order valence-electron chi connectivity index (χ3n) is 8.40. The Morgan fingerprint density at radius 3 is 2.47 bits per heavy atom. The molecular weight excluding hydrogens is 596 g/mol. The highest BCUT2D eigenvalue weighted by molar-refractivity contribution is 6.03. The molecule has 5 aromatic rings. The smallest absolute Gasteiger partial charge is 0.410 e. The molecule has 3 aromatic carbocycles. The number of carbonyl (C=O) groups excluding carboxylic acids is 2. The monoisotopic (exact) mass is 632 g/mol. The van der Waals surface area contributed by atoms with E-state index < -0.39 is 11.7 Å². The third-order valence-corrected chi connectivity index (χ3v) is 8.40. The van der Waals surface area contributed by atoms with Gasteiger partial charge in [-0.2, -0.15) is 5.26 Å². The van der Waals surface area contributed by atoms with E-state index >= 15 is 0 Å². The molecule has 0 bridgehead atoms. The molecule has 2 N–H and O–H groups in total. The Balaban J connectivity index is 1.27. The molecule has 1 aliphatic rings. The molecule has 0 saturated carbocycles. The molecule has 0 unspecified atom stereocenters. The fourth-order valence-electron chi connectivity index (χ4n) is 5.99. The molecule has 3 heterocycles. The Morgan fingerprint density at radius 1 is 1.06 bits per heavy atom. The summed E-state index contributed by atoms with van der Waals surface area (Å²) in [5, 5.41) is 22.3. The van der Waals surface area contributed by atoms with E-state index in [1.807, 2.05) is 78.1 Å². The van der Waals surface area contributed by atoms with Gasteiger partial charge in [0.25, 0.3) is 5.91 Å². The van der Waals surface area contributed by atoms with Crippen LogP contribution in [0.3, 0.4) is 0 Å². The van der Waals surface area contributed by atoms with Crippen molar-refractivity contribution in [3.63, 3.8) is 0 Å². The van der Waals surface area contributed by atoms with Crippen LogP contribution >= 0.6 is 0 Å². The second-order valence-electron chi connectivity index (χ2n) is 12.7. The lowest BCUT2D eigenvalue weighted by Gasteiger charge is -2.29. The van der Waals surface area contributed by atoms with E-state index in [1.54, 1.807) is 21.6 Å². The van der Waals surface area contributed by atoms with Gasteiger partial charge >= 0.3 is 6.09 Å². The standard InChI is InChI=1S/C36H36N6O5/c1-20-24(9-7-11-26(20)34-40-28-16-22(19-43)15-23(17-37)31(28)46-34)25-10-8-12-27(21(25)2)39-33(44)32-38-29-18-42(14-13-30(29)41(32)6)35(45)47-36(3,4)5/h7-12,15-16,43H,13-14,18-19H2,1-6H3,(H,39,44). The molecule has 11 heteroatoms. The van der Waals surface area contributed by atoms with Gasteiger partial charge in [-0.1, -0.05) is 24.3 Å². The minimum Gasteiger partial charge on any atom is -0.444 e. The molecule has 0 radical (unpaired) electrons. The molecule has 47 heavy (non-hydrogen) atoms. The highest BCUT2D eigenvalue weighted by Crippen LogP contribution is 2.37. The van der Waals surface area contributed by atoms with E-state index in [4.69, 9.17) is 9.15 Å². The summed E-state index contributed by atoms with van der Waals surface area (Å²) in [6.07, 6.45) is 0.168. The number of ether oxygens (including phenoxy) is 1. The lowest BCUT2D eigenvalue weighted by atomic mass is 9.93. The van der Waals surface area contributed by atoms with Gasteiger partial charge in [0.15, 0.2) is 11.4 Å². The number of rotatable bonds is 5. The van der Waals surface area contributed by atoms with Crippen LogP contribution in [0.15, 0.2) is 52.9 Å². The van der Waals surface area contributed by atoms with Crippen molar-refractivity contribution in [2.45, 2.75) is 59.8 Å². The van der Waals surface area contributed by atoms with Gasteiger partial charge in [-0.3, -0.25) is 4.79 Å². The number of aliphatic hydroxyl groups excluding tert-OH is 1. The fourth-order valence-corrected chi connectivity index (χ4v) is 5.99. The average molecular weight is 633 g/mol. The number of imidazole rings is 1. The zero-order valence-electron chi connectivity index (χ0n) is 27.3. The highest BCUT2D eigenvalue weighted by Gasteiger charge is 2.30. The summed E-state index contributed by atoms with van der Waals surface area (Å²) in [6.45, 7) is 9.97. The number of nitrogens with zero attached hydrogens (tertiary/aromatic N) is 5. The number of amides is 2. The molecule has 2 aromatic heterocycles. The van der Waals surface area contributed by atoms with Crippen LogP contribution in [0.4, 0.5) is 10.5 Å². The molecule has 11 nitrogen and oxygen atoms in total. The van der Waals surface area contributed by atoms with Crippen molar-refractivity contribution in [2.24, 2.45) is 7.05 Å². The second-order valence-corrected chi connectivity index (χ2v) is 12.7. The highest BCUT2D eigenvalue weighted by atomic mass is 16.6. The number of oxazole rings is 1. The SMILES string of the molecule is Cc1c(NC(=O)c2nc3c(n2C)CCN(C(=O)OC(C)(C)C)C3)cccc1-c1cccc(-c2nc3cc(CO)cc(C#N)c3o2)c1C. The van der Waals surface area contributed by atoms with E-state index in [2.05, 4.69) is 21.4 Å². The van der Waals surface area contributed by atoms with Crippen LogP contribution in [-0.4, -0.2) is 48.7 Å². The van der Waals surface area contributed by atoms with Gasteiger partial charge in [0.1, 0.15) is 17.2 Å². The van der Waals surface area contributed by atoms with Crippen LogP contribution in [0.25, 0.3) is 33.7 Å². The first-order valence-electron chi connectivity index (χ1n) is 15.4. The van der Waals surface area contributed by atoms with Crippen molar-refractivity contribution < 1.29 is 23.8 Å². The van der Waals surface area contributed by atoms with Crippen LogP contribution in [0.5, 0.6) is 0 Å². The number of benzene rings is 3. The summed E-state index contributed by atoms with van der Waals surface area (Å²) in [6, 6.07) is 17.0. The molecule has 0 fully saturated rings. The molecular formula is C36H36N6O5. The number of hydrogen-bond acceptors (Lipinski definition) is 8. The maximum atomic E-state index is 13.6. The van der Waals surface area contributed by atoms with Crippen LogP contribution in [0, 0.1) is 25.2 Å². The van der Waals surface area contributed by atoms with Crippen molar-refractivity contribution >= 4 is 28.8 Å². The topological polar surface area (TPSA) is 147 Å². The number of fused-ring (bicyclic) bond motifs is 2. The number of nitriles is 1. The van der Waals surface area contributed by atoms with Crippen molar-refractivity contribution in [1.82, 2.24) is 19.4 Å². The first-order chi connectivity index (χ1) is 22.4. The van der Waals surface area contributed by atoms with Crippen molar-refractivity contribution in [3.8, 4) is 28.7 Å². The molecule has 240 valence electrons. The lowest BCUT2D eigenvalue weighted by Crippen LogP contribution is -2.40. The average Bonchev–Trinajstić information content (AvgIpc) is 3.61. The quantitative estimate of drug-likeness (QED) is 0.226. The van der Waals surface area contributed by atoms with Gasteiger partial charge in [0, 0.05) is 37.0 Å². The largest absolute Gasteiger partial charge is 0.444 e. The van der Waals surface area contributed by atoms with Crippen molar-refractivity contribution in [3.05, 3.63) is 88.0 Å². The molecule has 6 rings (SSSR count). The zero-order valence-corrected chi connectivity index (χ0v) is 27.3. The zero-order chi connectivity index (χ0) is 33.6. The molecule has 1 aliphatic heterocycles. The Kier molecular flexibility index (Phi) is 8.07. The van der Waals surface area contributed by atoms with Crippen LogP contribution in [0.2, 0.25) is 0 Å². The summed E-state index contributed by atoms with van der Waals surface area (Å²) in [5.74, 6) is 0.288. The lowest BCUT2D eigenvalue weighted by molar-refractivity contribution is 0.0220. The number of carbonyl (C=O) groups is 2. The number of aromatic nitrogens is 3. The number of anilines is 1. The first kappa shape index (κ1) is 31.5. The van der Waals surface area contributed by atoms with Gasteiger partial charge in [-0.05, 0) is 86.7 Å². The predicted molar refractivity (Wildman–Crippen MR) is 177 cm³/mol. The van der Waals surface area contributed by atoms with E-state index in [0.717, 1.165) is 33.5 Å². The molecule has 2 amide bonds. The summed E-state index contributed by atoms with van der Waals surface area (Å²) in [4.78, 5) is 37.1. The van der Waals surface area contributed by atoms with E-state index in [-0.39, 0.29) is 24.9 Å². The number of nitrogens with one attached hydrogen (secondary N) is 1. The molecule has 0 spiro atoms. The summed E-state index contributed by atoms with van der Waals surface area (Å²) in [7, 11) is 1.82. The van der Waals surface area contributed by atoms with Gasteiger partial charge < -0.3 is 29.0 Å².